The van der Waals surface area contributed by atoms with Crippen LogP contribution >= 0.6 is 0 Å². The van der Waals surface area contributed by atoms with Crippen LogP contribution in [-0.2, 0) is 9.53 Å². The van der Waals surface area contributed by atoms with Crippen molar-refractivity contribution in [2.45, 2.75) is 37.7 Å². The molecule has 3 heterocycles. The average Bonchev–Trinajstić information content (AvgIpc) is 2.93. The van der Waals surface area contributed by atoms with Gasteiger partial charge >= 0.3 is 6.03 Å². The summed E-state index contributed by atoms with van der Waals surface area (Å²) in [6, 6.07) is 12.7. The van der Waals surface area contributed by atoms with Crippen molar-refractivity contribution < 1.29 is 28.2 Å². The summed E-state index contributed by atoms with van der Waals surface area (Å²) in [6.07, 6.45) is 3.05. The summed E-state index contributed by atoms with van der Waals surface area (Å²) < 4.78 is 30.4. The summed E-state index contributed by atoms with van der Waals surface area (Å²) in [4.78, 5) is 29.1. The first kappa shape index (κ1) is 25.5. The number of methoxy groups -OCH3 is 2. The van der Waals surface area contributed by atoms with Gasteiger partial charge in [0, 0.05) is 44.4 Å². The van der Waals surface area contributed by atoms with Crippen molar-refractivity contribution in [1.29, 1.82) is 0 Å². The van der Waals surface area contributed by atoms with Crippen molar-refractivity contribution in [3.8, 4) is 11.5 Å². The standard InChI is InChI=1S/C29H35FN2O5/c1-35-26-8-5-21(16-27(26)36-2)28(19-3-6-23(30)7-4-19)20-9-12-31(13-10-20)29(34)32-14-11-25-22(17-32)15-24(33)18-37-25/h3-8,16,20,22,25,28H,9-15,17-18H2,1-2H3/t22-,25+,28+/m1/s1. The SMILES string of the molecule is COc1ccc([C@@H](c2ccc(F)cc2)C2CCN(C(=O)N3CC[C@@H]4OCC(=O)C[C@@H]4C3)CC2)cc1OC. The van der Waals surface area contributed by atoms with Crippen LogP contribution in [-0.4, -0.2) is 74.7 Å². The normalized spacial score (nSPS) is 23.4. The smallest absolute Gasteiger partial charge is 0.320 e. The number of halogens is 1. The number of Topliss-reactive ketones (excluding diaryl/α,β-unsaturated/α-hetero) is 1. The van der Waals surface area contributed by atoms with Gasteiger partial charge in [-0.2, -0.15) is 0 Å². The number of amides is 2. The molecule has 3 fully saturated rings. The Morgan fingerprint density at radius 1 is 0.946 bits per heavy atom. The monoisotopic (exact) mass is 510 g/mol. The van der Waals surface area contributed by atoms with E-state index in [1.807, 2.05) is 40.1 Å². The molecule has 37 heavy (non-hydrogen) atoms. The zero-order valence-electron chi connectivity index (χ0n) is 21.5. The number of benzene rings is 2. The fourth-order valence-corrected chi connectivity index (χ4v) is 6.23. The number of carbonyl (C=O) groups excluding carboxylic acids is 2. The molecular formula is C29H35FN2O5. The molecule has 3 aliphatic rings. The Labute approximate surface area is 217 Å². The van der Waals surface area contributed by atoms with E-state index in [2.05, 4.69) is 0 Å². The van der Waals surface area contributed by atoms with E-state index in [0.29, 0.717) is 44.1 Å². The minimum absolute atomic E-state index is 0.0406. The van der Waals surface area contributed by atoms with Crippen LogP contribution in [0.4, 0.5) is 9.18 Å². The molecule has 7 nitrogen and oxygen atoms in total. The summed E-state index contributed by atoms with van der Waals surface area (Å²) >= 11 is 0. The molecule has 0 radical (unpaired) electrons. The van der Waals surface area contributed by atoms with Gasteiger partial charge in [0.25, 0.3) is 0 Å². The molecule has 3 atom stereocenters. The van der Waals surface area contributed by atoms with Gasteiger partial charge in [-0.1, -0.05) is 18.2 Å². The maximum Gasteiger partial charge on any atom is 0.320 e. The van der Waals surface area contributed by atoms with E-state index in [4.69, 9.17) is 14.2 Å². The molecule has 5 rings (SSSR count). The maximum absolute atomic E-state index is 13.7. The summed E-state index contributed by atoms with van der Waals surface area (Å²) in [7, 11) is 3.24. The van der Waals surface area contributed by atoms with Crippen molar-refractivity contribution in [3.63, 3.8) is 0 Å². The van der Waals surface area contributed by atoms with Crippen molar-refractivity contribution in [2.75, 3.05) is 47.0 Å². The highest BCUT2D eigenvalue weighted by Crippen LogP contribution is 2.41. The third kappa shape index (κ3) is 5.44. The van der Waals surface area contributed by atoms with Crippen LogP contribution in [0, 0.1) is 17.7 Å². The van der Waals surface area contributed by atoms with Crippen LogP contribution in [0.1, 0.15) is 42.7 Å². The van der Waals surface area contributed by atoms with Crippen LogP contribution in [0.3, 0.4) is 0 Å². The van der Waals surface area contributed by atoms with Gasteiger partial charge in [-0.25, -0.2) is 9.18 Å². The molecular weight excluding hydrogens is 475 g/mol. The first-order chi connectivity index (χ1) is 18.0. The molecule has 3 aliphatic heterocycles. The number of hydrogen-bond acceptors (Lipinski definition) is 5. The minimum Gasteiger partial charge on any atom is -0.493 e. The molecule has 198 valence electrons. The number of carbonyl (C=O) groups is 2. The van der Waals surface area contributed by atoms with Gasteiger partial charge in [-0.05, 0) is 60.6 Å². The zero-order chi connectivity index (χ0) is 25.9. The second kappa shape index (κ2) is 11.1. The Bertz CT molecular complexity index is 1120. The van der Waals surface area contributed by atoms with Crippen molar-refractivity contribution in [2.24, 2.45) is 11.8 Å². The van der Waals surface area contributed by atoms with Crippen molar-refractivity contribution in [1.82, 2.24) is 9.80 Å². The Morgan fingerprint density at radius 3 is 2.32 bits per heavy atom. The maximum atomic E-state index is 13.7. The van der Waals surface area contributed by atoms with Crippen molar-refractivity contribution >= 4 is 11.8 Å². The number of piperidine rings is 2. The van der Waals surface area contributed by atoms with Gasteiger partial charge in [0.15, 0.2) is 17.3 Å². The Morgan fingerprint density at radius 2 is 1.62 bits per heavy atom. The number of ketones is 1. The van der Waals surface area contributed by atoms with E-state index in [0.717, 1.165) is 30.4 Å². The van der Waals surface area contributed by atoms with Crippen LogP contribution in [0.2, 0.25) is 0 Å². The Hall–Kier alpha value is -3.13. The molecule has 2 aromatic rings. The van der Waals surface area contributed by atoms with E-state index in [1.165, 1.54) is 12.1 Å². The van der Waals surface area contributed by atoms with Gasteiger partial charge in [0.05, 0.1) is 20.3 Å². The molecule has 0 aliphatic carbocycles. The van der Waals surface area contributed by atoms with E-state index in [-0.39, 0.29) is 48.1 Å². The molecule has 0 saturated carbocycles. The molecule has 3 saturated heterocycles. The molecule has 2 aromatic carbocycles. The fraction of sp³-hybridized carbons (Fsp3) is 0.517. The third-order valence-corrected chi connectivity index (χ3v) is 8.16. The average molecular weight is 511 g/mol. The van der Waals surface area contributed by atoms with Gasteiger partial charge in [-0.15, -0.1) is 0 Å². The number of fused-ring (bicyclic) bond motifs is 1. The Kier molecular flexibility index (Phi) is 7.65. The van der Waals surface area contributed by atoms with Crippen molar-refractivity contribution in [3.05, 3.63) is 59.4 Å². The predicted octanol–water partition coefficient (Wildman–Crippen LogP) is 4.49. The van der Waals surface area contributed by atoms with Gasteiger partial charge in [0.1, 0.15) is 12.4 Å². The number of ether oxygens (including phenoxy) is 3. The number of nitrogens with zero attached hydrogens (tertiary/aromatic N) is 2. The van der Waals surface area contributed by atoms with Crippen LogP contribution < -0.4 is 9.47 Å². The number of urea groups is 1. The lowest BCUT2D eigenvalue weighted by Gasteiger charge is -2.43. The topological polar surface area (TPSA) is 68.3 Å². The van der Waals surface area contributed by atoms with E-state index in [1.54, 1.807) is 14.2 Å². The van der Waals surface area contributed by atoms with Crippen LogP contribution in [0.5, 0.6) is 11.5 Å². The van der Waals surface area contributed by atoms with E-state index >= 15 is 0 Å². The van der Waals surface area contributed by atoms with E-state index in [9.17, 15) is 14.0 Å². The fourth-order valence-electron chi connectivity index (χ4n) is 6.23. The number of hydrogen-bond donors (Lipinski definition) is 0. The summed E-state index contributed by atoms with van der Waals surface area (Å²) in [6.45, 7) is 2.78. The minimum atomic E-state index is -0.260. The molecule has 0 aromatic heterocycles. The second-order valence-corrected chi connectivity index (χ2v) is 10.3. The first-order valence-corrected chi connectivity index (χ1v) is 13.1. The summed E-state index contributed by atoms with van der Waals surface area (Å²) in [5.74, 6) is 1.61. The summed E-state index contributed by atoms with van der Waals surface area (Å²) in [5.41, 5.74) is 2.13. The molecule has 2 amide bonds. The zero-order valence-corrected chi connectivity index (χ0v) is 21.5. The highest BCUT2D eigenvalue weighted by Gasteiger charge is 2.39. The van der Waals surface area contributed by atoms with Gasteiger partial charge in [0.2, 0.25) is 0 Å². The molecule has 8 heteroatoms. The van der Waals surface area contributed by atoms with Crippen LogP contribution in [0.15, 0.2) is 42.5 Å². The largest absolute Gasteiger partial charge is 0.493 e. The lowest BCUT2D eigenvalue weighted by Crippen LogP contribution is -2.54. The Balaban J connectivity index is 1.30. The predicted molar refractivity (Wildman–Crippen MR) is 137 cm³/mol. The molecule has 0 N–H and O–H groups in total. The number of likely N-dealkylation sites (tertiary alicyclic amines) is 2. The van der Waals surface area contributed by atoms with E-state index < -0.39 is 0 Å². The molecule has 0 spiro atoms. The first-order valence-electron chi connectivity index (χ1n) is 13.1. The van der Waals surface area contributed by atoms with Gasteiger partial charge < -0.3 is 24.0 Å². The summed E-state index contributed by atoms with van der Waals surface area (Å²) in [5, 5.41) is 0. The third-order valence-electron chi connectivity index (χ3n) is 8.16. The highest BCUT2D eigenvalue weighted by atomic mass is 19.1. The lowest BCUT2D eigenvalue weighted by atomic mass is 9.76. The quantitative estimate of drug-likeness (QED) is 0.593. The lowest BCUT2D eigenvalue weighted by molar-refractivity contribution is -0.140. The van der Waals surface area contributed by atoms with Gasteiger partial charge in [-0.3, -0.25) is 4.79 Å². The highest BCUT2D eigenvalue weighted by molar-refractivity contribution is 5.81. The number of rotatable bonds is 5. The molecule has 0 bridgehead atoms. The second-order valence-electron chi connectivity index (χ2n) is 10.3. The van der Waals surface area contributed by atoms with Crippen LogP contribution in [0.25, 0.3) is 0 Å². The molecule has 0 unspecified atom stereocenters.